The van der Waals surface area contributed by atoms with E-state index in [1.807, 2.05) is 49.1 Å². The number of ether oxygens (including phenoxy) is 1. The number of nitrogens with one attached hydrogen (secondary N) is 1. The summed E-state index contributed by atoms with van der Waals surface area (Å²) in [6.45, 7) is 4.26. The minimum atomic E-state index is -5.03. The van der Waals surface area contributed by atoms with Crippen molar-refractivity contribution in [2.75, 3.05) is 18.0 Å². The van der Waals surface area contributed by atoms with E-state index in [4.69, 9.17) is 9.57 Å². The van der Waals surface area contributed by atoms with E-state index in [2.05, 4.69) is 10.5 Å². The van der Waals surface area contributed by atoms with Gasteiger partial charge in [-0.3, -0.25) is 4.90 Å². The molecule has 1 aliphatic carbocycles. The van der Waals surface area contributed by atoms with Crippen LogP contribution < -0.4 is 10.2 Å². The molecule has 1 saturated carbocycles. The molecule has 6 nitrogen and oxygen atoms in total. The highest BCUT2D eigenvalue weighted by Crippen LogP contribution is 2.59. The van der Waals surface area contributed by atoms with Crippen LogP contribution in [0.25, 0.3) is 0 Å². The number of carbonyl (C=O) groups excluding carboxylic acids is 1. The first-order valence-corrected chi connectivity index (χ1v) is 8.29. The Kier molecular flexibility index (Phi) is 3.53. The summed E-state index contributed by atoms with van der Waals surface area (Å²) in [6.07, 6.45) is -5.03. The lowest BCUT2D eigenvalue weighted by atomic mass is 10.1. The Morgan fingerprint density at radius 1 is 1.35 bits per heavy atom. The third-order valence-electron chi connectivity index (χ3n) is 5.15. The summed E-state index contributed by atoms with van der Waals surface area (Å²) in [5.41, 5.74) is -1.22. The molecule has 2 aliphatic heterocycles. The Morgan fingerprint density at radius 3 is 2.69 bits per heavy atom. The number of rotatable bonds is 3. The van der Waals surface area contributed by atoms with Gasteiger partial charge >= 0.3 is 12.1 Å². The summed E-state index contributed by atoms with van der Waals surface area (Å²) in [5, 5.41) is 7.14. The zero-order chi connectivity index (χ0) is 18.7. The number of hydrogen-bond donors (Lipinski definition) is 1. The van der Waals surface area contributed by atoms with Crippen LogP contribution in [0.1, 0.15) is 13.8 Å². The second kappa shape index (κ2) is 5.35. The van der Waals surface area contributed by atoms with Crippen molar-refractivity contribution in [1.29, 1.82) is 0 Å². The maximum Gasteiger partial charge on any atom is 0.490 e. The Balaban J connectivity index is 1.64. The van der Waals surface area contributed by atoms with Crippen LogP contribution in [-0.4, -0.2) is 42.4 Å². The fraction of sp³-hybridized carbons (Fsp3) is 0.529. The Labute approximate surface area is 147 Å². The van der Waals surface area contributed by atoms with E-state index in [-0.39, 0.29) is 12.5 Å². The monoisotopic (exact) mass is 369 g/mol. The SMILES string of the molecule is CC1(C)ON=C(C2C3CNCC32OC(=O)C(F)(F)F)N1c1ccccc1. The first-order chi connectivity index (χ1) is 12.2. The minimum Gasteiger partial charge on any atom is -0.450 e. The number of para-hydroxylation sites is 1. The van der Waals surface area contributed by atoms with E-state index in [1.54, 1.807) is 0 Å². The van der Waals surface area contributed by atoms with Crippen LogP contribution in [0.4, 0.5) is 18.9 Å². The van der Waals surface area contributed by atoms with Crippen LogP contribution >= 0.6 is 0 Å². The van der Waals surface area contributed by atoms with Crippen LogP contribution in [0.5, 0.6) is 0 Å². The molecular weight excluding hydrogens is 351 g/mol. The van der Waals surface area contributed by atoms with E-state index in [9.17, 15) is 18.0 Å². The molecule has 1 N–H and O–H groups in total. The number of amidine groups is 1. The fourth-order valence-electron chi connectivity index (χ4n) is 3.98. The number of alkyl halides is 3. The molecule has 1 saturated heterocycles. The van der Waals surface area contributed by atoms with Crippen molar-refractivity contribution in [2.24, 2.45) is 17.0 Å². The van der Waals surface area contributed by atoms with Crippen molar-refractivity contribution >= 4 is 17.5 Å². The summed E-state index contributed by atoms with van der Waals surface area (Å²) in [5.74, 6) is -2.39. The van der Waals surface area contributed by atoms with Gasteiger partial charge in [0.25, 0.3) is 0 Å². The summed E-state index contributed by atoms with van der Waals surface area (Å²) >= 11 is 0. The second-order valence-corrected chi connectivity index (χ2v) is 7.22. The standard InChI is InChI=1S/C17H18F3N3O3/c1-15(2)23(10-6-4-3-5-7-10)13(22-26-15)12-11-8-21-9-16(11,12)25-14(24)17(18,19)20/h3-7,11-12,21H,8-9H2,1-2H3. The maximum absolute atomic E-state index is 12.7. The van der Waals surface area contributed by atoms with E-state index in [1.165, 1.54) is 0 Å². The van der Waals surface area contributed by atoms with Crippen LogP contribution in [-0.2, 0) is 14.4 Å². The molecule has 0 aromatic heterocycles. The normalized spacial score (nSPS) is 31.9. The number of nitrogens with zero attached hydrogens (tertiary/aromatic N) is 2. The van der Waals surface area contributed by atoms with Gasteiger partial charge < -0.3 is 14.9 Å². The lowest BCUT2D eigenvalue weighted by molar-refractivity contribution is -0.207. The molecule has 2 heterocycles. The lowest BCUT2D eigenvalue weighted by Crippen LogP contribution is -2.47. The zero-order valence-electron chi connectivity index (χ0n) is 14.2. The number of piperidine rings is 1. The van der Waals surface area contributed by atoms with Gasteiger partial charge in [0.05, 0.1) is 5.92 Å². The first-order valence-electron chi connectivity index (χ1n) is 8.29. The van der Waals surface area contributed by atoms with E-state index in [0.717, 1.165) is 5.69 Å². The van der Waals surface area contributed by atoms with Crippen molar-refractivity contribution < 1.29 is 27.5 Å². The quantitative estimate of drug-likeness (QED) is 0.829. The van der Waals surface area contributed by atoms with Gasteiger partial charge in [-0.05, 0) is 26.0 Å². The van der Waals surface area contributed by atoms with Crippen molar-refractivity contribution in [3.63, 3.8) is 0 Å². The molecule has 0 bridgehead atoms. The molecular formula is C17H18F3N3O3. The number of benzene rings is 1. The molecule has 26 heavy (non-hydrogen) atoms. The zero-order valence-corrected chi connectivity index (χ0v) is 14.2. The Hall–Kier alpha value is -2.29. The van der Waals surface area contributed by atoms with Gasteiger partial charge in [-0.15, -0.1) is 0 Å². The first kappa shape index (κ1) is 17.1. The fourth-order valence-corrected chi connectivity index (χ4v) is 3.98. The smallest absolute Gasteiger partial charge is 0.450 e. The number of halogens is 3. The van der Waals surface area contributed by atoms with Crippen LogP contribution in [0, 0.1) is 11.8 Å². The number of oxime groups is 1. The molecule has 0 amide bonds. The highest BCUT2D eigenvalue weighted by molar-refractivity contribution is 6.04. The molecule has 0 spiro atoms. The molecule has 1 aromatic carbocycles. The van der Waals surface area contributed by atoms with Crippen molar-refractivity contribution in [2.45, 2.75) is 31.3 Å². The molecule has 140 valence electrons. The van der Waals surface area contributed by atoms with Crippen molar-refractivity contribution in [3.05, 3.63) is 30.3 Å². The van der Waals surface area contributed by atoms with Gasteiger partial charge in [-0.2, -0.15) is 13.2 Å². The average Bonchev–Trinajstić information content (AvgIpc) is 2.85. The predicted octanol–water partition coefficient (Wildman–Crippen LogP) is 2.27. The summed E-state index contributed by atoms with van der Waals surface area (Å²) in [6, 6.07) is 9.33. The molecule has 1 aromatic rings. The Morgan fingerprint density at radius 2 is 2.04 bits per heavy atom. The van der Waals surface area contributed by atoms with Gasteiger partial charge in [0.1, 0.15) is 5.60 Å². The maximum atomic E-state index is 12.7. The molecule has 0 radical (unpaired) electrons. The highest BCUT2D eigenvalue weighted by Gasteiger charge is 2.75. The number of fused-ring (bicyclic) bond motifs is 1. The minimum absolute atomic E-state index is 0.159. The third-order valence-corrected chi connectivity index (χ3v) is 5.15. The summed E-state index contributed by atoms with van der Waals surface area (Å²) < 4.78 is 43.0. The van der Waals surface area contributed by atoms with Crippen molar-refractivity contribution in [3.8, 4) is 0 Å². The molecule has 2 fully saturated rings. The topological polar surface area (TPSA) is 63.2 Å². The molecule has 9 heteroatoms. The van der Waals surface area contributed by atoms with E-state index in [0.29, 0.717) is 12.4 Å². The van der Waals surface area contributed by atoms with E-state index < -0.39 is 29.4 Å². The van der Waals surface area contributed by atoms with Crippen LogP contribution in [0.3, 0.4) is 0 Å². The van der Waals surface area contributed by atoms with Gasteiger partial charge in [-0.1, -0.05) is 23.4 Å². The number of anilines is 1. The van der Waals surface area contributed by atoms with Gasteiger partial charge in [-0.25, -0.2) is 4.79 Å². The molecule has 3 aliphatic rings. The molecule has 4 rings (SSSR count). The predicted molar refractivity (Wildman–Crippen MR) is 86.2 cm³/mol. The van der Waals surface area contributed by atoms with Crippen LogP contribution in [0.15, 0.2) is 35.5 Å². The van der Waals surface area contributed by atoms with Gasteiger partial charge in [0.2, 0.25) is 5.72 Å². The highest BCUT2D eigenvalue weighted by atomic mass is 19.4. The third kappa shape index (κ3) is 2.45. The van der Waals surface area contributed by atoms with E-state index >= 15 is 0 Å². The van der Waals surface area contributed by atoms with Gasteiger partial charge in [0.15, 0.2) is 5.84 Å². The second-order valence-electron chi connectivity index (χ2n) is 7.22. The number of esters is 1. The summed E-state index contributed by atoms with van der Waals surface area (Å²) in [7, 11) is 0. The van der Waals surface area contributed by atoms with Crippen molar-refractivity contribution in [1.82, 2.24) is 5.32 Å². The Bertz CT molecular complexity index is 766. The largest absolute Gasteiger partial charge is 0.490 e. The molecule has 3 atom stereocenters. The number of carbonyl (C=O) groups is 1. The van der Waals surface area contributed by atoms with Gasteiger partial charge in [0, 0.05) is 24.7 Å². The van der Waals surface area contributed by atoms with Crippen LogP contribution in [0.2, 0.25) is 0 Å². The summed E-state index contributed by atoms with van der Waals surface area (Å²) in [4.78, 5) is 18.8. The molecule has 3 unspecified atom stereocenters. The lowest BCUT2D eigenvalue weighted by Gasteiger charge is -2.32. The number of hydrogen-bond acceptors (Lipinski definition) is 6. The average molecular weight is 369 g/mol.